The van der Waals surface area contributed by atoms with Crippen molar-refractivity contribution in [3.63, 3.8) is 0 Å². The maximum Gasteiger partial charge on any atom is 0.426 e. The van der Waals surface area contributed by atoms with Crippen LogP contribution >= 0.6 is 0 Å². The highest BCUT2D eigenvalue weighted by molar-refractivity contribution is 5.94. The van der Waals surface area contributed by atoms with E-state index in [1.807, 2.05) is 0 Å². The highest BCUT2D eigenvalue weighted by Gasteiger charge is 2.57. The van der Waals surface area contributed by atoms with Crippen LogP contribution in [-0.4, -0.2) is 64.7 Å². The van der Waals surface area contributed by atoms with E-state index in [0.717, 1.165) is 4.90 Å². The van der Waals surface area contributed by atoms with Crippen LogP contribution < -0.4 is 0 Å². The molecule has 0 unspecified atom stereocenters. The Labute approximate surface area is 137 Å². The number of carbonyl (C=O) groups is 2. The van der Waals surface area contributed by atoms with Gasteiger partial charge in [-0.2, -0.15) is 13.2 Å². The predicted molar refractivity (Wildman–Crippen MR) is 80.2 cm³/mol. The van der Waals surface area contributed by atoms with Crippen LogP contribution in [0.1, 0.15) is 23.7 Å². The van der Waals surface area contributed by atoms with Crippen molar-refractivity contribution < 1.29 is 27.9 Å². The van der Waals surface area contributed by atoms with Crippen LogP contribution in [0.2, 0.25) is 0 Å². The Balaban J connectivity index is 2.05. The third-order valence-corrected chi connectivity index (χ3v) is 4.06. The fourth-order valence-corrected chi connectivity index (χ4v) is 2.52. The third kappa shape index (κ3) is 3.69. The summed E-state index contributed by atoms with van der Waals surface area (Å²) in [6, 6.07) is 8.54. The predicted octanol–water partition coefficient (Wildman–Crippen LogP) is 1.67. The molecule has 0 aromatic heterocycles. The van der Waals surface area contributed by atoms with E-state index in [1.165, 1.54) is 4.90 Å². The van der Waals surface area contributed by atoms with E-state index >= 15 is 0 Å². The molecule has 1 saturated heterocycles. The molecule has 5 nitrogen and oxygen atoms in total. The topological polar surface area (TPSA) is 60.9 Å². The molecule has 132 valence electrons. The number of rotatable bonds is 2. The number of benzene rings is 1. The third-order valence-electron chi connectivity index (χ3n) is 4.06. The highest BCUT2D eigenvalue weighted by atomic mass is 19.4. The molecule has 1 fully saturated rings. The lowest BCUT2D eigenvalue weighted by Crippen LogP contribution is -2.56. The van der Waals surface area contributed by atoms with E-state index in [-0.39, 0.29) is 25.5 Å². The molecule has 2 amide bonds. The van der Waals surface area contributed by atoms with Crippen molar-refractivity contribution in [3.05, 3.63) is 35.9 Å². The van der Waals surface area contributed by atoms with Crippen molar-refractivity contribution in [2.45, 2.75) is 25.1 Å². The minimum absolute atomic E-state index is 0.0519. The Bertz CT molecular complexity index is 602. The molecular formula is C16H19F3N2O3. The maximum atomic E-state index is 12.8. The van der Waals surface area contributed by atoms with E-state index in [0.29, 0.717) is 25.5 Å². The van der Waals surface area contributed by atoms with Gasteiger partial charge in [-0.3, -0.25) is 9.59 Å². The summed E-state index contributed by atoms with van der Waals surface area (Å²) in [4.78, 5) is 26.9. The van der Waals surface area contributed by atoms with Crippen LogP contribution in [-0.2, 0) is 4.79 Å². The molecule has 0 spiro atoms. The first kappa shape index (κ1) is 18.3. The monoisotopic (exact) mass is 344 g/mol. The Morgan fingerprint density at radius 1 is 1.00 bits per heavy atom. The average molecular weight is 344 g/mol. The van der Waals surface area contributed by atoms with Crippen molar-refractivity contribution in [3.8, 4) is 0 Å². The SMILES string of the molecule is C[C@@](O)(C(=O)N1CCCN(C(=O)c2ccccc2)CC1)C(F)(F)F. The number of aliphatic hydroxyl groups is 1. The molecule has 1 aromatic rings. The number of halogens is 3. The molecule has 0 radical (unpaired) electrons. The molecular weight excluding hydrogens is 325 g/mol. The number of amides is 2. The number of nitrogens with zero attached hydrogens (tertiary/aromatic N) is 2. The summed E-state index contributed by atoms with van der Waals surface area (Å²) < 4.78 is 38.4. The smallest absolute Gasteiger partial charge is 0.373 e. The van der Waals surface area contributed by atoms with Crippen LogP contribution in [0.3, 0.4) is 0 Å². The summed E-state index contributed by atoms with van der Waals surface area (Å²) in [5.41, 5.74) is -2.94. The van der Waals surface area contributed by atoms with Gasteiger partial charge in [0.25, 0.3) is 11.8 Å². The number of carbonyl (C=O) groups excluding carboxylic acids is 2. The summed E-state index contributed by atoms with van der Waals surface area (Å²) in [6.45, 7) is 0.916. The molecule has 0 saturated carbocycles. The van der Waals surface area contributed by atoms with Gasteiger partial charge in [-0.1, -0.05) is 18.2 Å². The summed E-state index contributed by atoms with van der Waals surface area (Å²) >= 11 is 0. The van der Waals surface area contributed by atoms with Crippen molar-refractivity contribution in [1.29, 1.82) is 0 Å². The number of hydrogen-bond acceptors (Lipinski definition) is 3. The van der Waals surface area contributed by atoms with E-state index in [9.17, 15) is 27.9 Å². The second-order valence-electron chi connectivity index (χ2n) is 5.87. The van der Waals surface area contributed by atoms with Gasteiger partial charge in [0.15, 0.2) is 0 Å². The summed E-state index contributed by atoms with van der Waals surface area (Å²) in [5, 5.41) is 9.52. The number of alkyl halides is 3. The van der Waals surface area contributed by atoms with Crippen LogP contribution in [0.25, 0.3) is 0 Å². The quantitative estimate of drug-likeness (QED) is 0.888. The van der Waals surface area contributed by atoms with Gasteiger partial charge < -0.3 is 14.9 Å². The van der Waals surface area contributed by atoms with Gasteiger partial charge in [0.1, 0.15) is 0 Å². The van der Waals surface area contributed by atoms with Crippen molar-refractivity contribution >= 4 is 11.8 Å². The van der Waals surface area contributed by atoms with Gasteiger partial charge in [-0.05, 0) is 25.5 Å². The lowest BCUT2D eigenvalue weighted by atomic mass is 10.0. The average Bonchev–Trinajstić information content (AvgIpc) is 2.79. The molecule has 1 atom stereocenters. The van der Waals surface area contributed by atoms with Crippen LogP contribution in [0.4, 0.5) is 13.2 Å². The minimum atomic E-state index is -5.05. The van der Waals surface area contributed by atoms with E-state index in [2.05, 4.69) is 0 Å². The van der Waals surface area contributed by atoms with E-state index < -0.39 is 17.7 Å². The summed E-state index contributed by atoms with van der Waals surface area (Å²) in [7, 11) is 0. The lowest BCUT2D eigenvalue weighted by Gasteiger charge is -2.31. The van der Waals surface area contributed by atoms with Gasteiger partial charge in [0.05, 0.1) is 0 Å². The molecule has 8 heteroatoms. The van der Waals surface area contributed by atoms with Gasteiger partial charge in [-0.15, -0.1) is 0 Å². The summed E-state index contributed by atoms with van der Waals surface area (Å²) in [6.07, 6.45) is -4.70. The zero-order valence-electron chi connectivity index (χ0n) is 13.2. The molecule has 1 aromatic carbocycles. The molecule has 1 heterocycles. The highest BCUT2D eigenvalue weighted by Crippen LogP contribution is 2.31. The first-order valence-corrected chi connectivity index (χ1v) is 7.57. The van der Waals surface area contributed by atoms with E-state index in [4.69, 9.17) is 0 Å². The fraction of sp³-hybridized carbons (Fsp3) is 0.500. The van der Waals surface area contributed by atoms with Gasteiger partial charge in [0.2, 0.25) is 5.60 Å². The normalized spacial score (nSPS) is 18.7. The minimum Gasteiger partial charge on any atom is -0.373 e. The molecule has 2 rings (SSSR count). The van der Waals surface area contributed by atoms with Crippen molar-refractivity contribution in [2.75, 3.05) is 26.2 Å². The van der Waals surface area contributed by atoms with Crippen LogP contribution in [0, 0.1) is 0 Å². The molecule has 0 aliphatic carbocycles. The maximum absolute atomic E-state index is 12.8. The van der Waals surface area contributed by atoms with Gasteiger partial charge in [0, 0.05) is 31.7 Å². The van der Waals surface area contributed by atoms with E-state index in [1.54, 1.807) is 30.3 Å². The first-order valence-electron chi connectivity index (χ1n) is 7.57. The molecule has 1 N–H and O–H groups in total. The van der Waals surface area contributed by atoms with Crippen molar-refractivity contribution in [2.24, 2.45) is 0 Å². The molecule has 1 aliphatic heterocycles. The Kier molecular flexibility index (Phi) is 5.17. The number of hydrogen-bond donors (Lipinski definition) is 1. The Morgan fingerprint density at radius 3 is 2.12 bits per heavy atom. The zero-order chi connectivity index (χ0) is 18.0. The molecule has 0 bridgehead atoms. The van der Waals surface area contributed by atoms with Crippen LogP contribution in [0.15, 0.2) is 30.3 Å². The first-order chi connectivity index (χ1) is 11.1. The largest absolute Gasteiger partial charge is 0.426 e. The van der Waals surface area contributed by atoms with Gasteiger partial charge >= 0.3 is 6.18 Å². The molecule has 1 aliphatic rings. The Morgan fingerprint density at radius 2 is 1.54 bits per heavy atom. The second-order valence-corrected chi connectivity index (χ2v) is 5.87. The van der Waals surface area contributed by atoms with Crippen molar-refractivity contribution in [1.82, 2.24) is 9.80 Å². The summed E-state index contributed by atoms with van der Waals surface area (Å²) in [5.74, 6) is -1.61. The lowest BCUT2D eigenvalue weighted by molar-refractivity contribution is -0.250. The standard InChI is InChI=1S/C16H19F3N2O3/c1-15(24,16(17,18)19)14(23)21-9-5-8-20(10-11-21)13(22)12-6-3-2-4-7-12/h2-4,6-7,24H,5,8-11H2,1H3/t15-/m1/s1. The zero-order valence-corrected chi connectivity index (χ0v) is 13.2. The second kappa shape index (κ2) is 6.80. The van der Waals surface area contributed by atoms with Crippen LogP contribution in [0.5, 0.6) is 0 Å². The molecule has 24 heavy (non-hydrogen) atoms. The van der Waals surface area contributed by atoms with Gasteiger partial charge in [-0.25, -0.2) is 0 Å². The fourth-order valence-electron chi connectivity index (χ4n) is 2.52. The Hall–Kier alpha value is -2.09.